The lowest BCUT2D eigenvalue weighted by atomic mass is 10.1. The van der Waals surface area contributed by atoms with E-state index in [1.54, 1.807) is 29.2 Å². The number of aryl methyl sites for hydroxylation is 1. The van der Waals surface area contributed by atoms with Crippen LogP contribution in [0.4, 0.5) is 4.39 Å². The van der Waals surface area contributed by atoms with E-state index in [-0.39, 0.29) is 29.9 Å². The maximum absolute atomic E-state index is 14.1. The fourth-order valence-corrected chi connectivity index (χ4v) is 3.56. The molecule has 1 aliphatic carbocycles. The molecule has 0 saturated heterocycles. The zero-order chi connectivity index (χ0) is 20.3. The molecular formula is C23H26FN3O. The van der Waals surface area contributed by atoms with E-state index in [0.717, 1.165) is 42.8 Å². The molecular weight excluding hydrogens is 353 g/mol. The Morgan fingerprint density at radius 3 is 2.68 bits per heavy atom. The van der Waals surface area contributed by atoms with Gasteiger partial charge in [0.25, 0.3) is 5.91 Å². The van der Waals surface area contributed by atoms with Gasteiger partial charge in [0.15, 0.2) is 0 Å². The molecule has 0 radical (unpaired) electrons. The van der Waals surface area contributed by atoms with Gasteiger partial charge in [-0.05, 0) is 56.9 Å². The molecule has 28 heavy (non-hydrogen) atoms. The quantitative estimate of drug-likeness (QED) is 0.515. The first-order chi connectivity index (χ1) is 13.5. The molecule has 1 saturated carbocycles. The smallest absolute Gasteiger partial charge is 0.265 e. The number of nitriles is 1. The predicted molar refractivity (Wildman–Crippen MR) is 108 cm³/mol. The van der Waals surface area contributed by atoms with Gasteiger partial charge in [0.05, 0.1) is 0 Å². The number of rotatable bonds is 7. The summed E-state index contributed by atoms with van der Waals surface area (Å²) in [6.45, 7) is 7.25. The molecule has 1 aromatic carbocycles. The van der Waals surface area contributed by atoms with Crippen LogP contribution in [-0.4, -0.2) is 21.4 Å². The van der Waals surface area contributed by atoms with Crippen molar-refractivity contribution in [2.24, 2.45) is 0 Å². The summed E-state index contributed by atoms with van der Waals surface area (Å²) in [6, 6.07) is 10.6. The van der Waals surface area contributed by atoms with Gasteiger partial charge < -0.3 is 9.47 Å². The summed E-state index contributed by atoms with van der Waals surface area (Å²) in [4.78, 5) is 14.7. The first-order valence-corrected chi connectivity index (χ1v) is 9.79. The Bertz CT molecular complexity index is 947. The average Bonchev–Trinajstić information content (AvgIpc) is 3.48. The number of hydrogen-bond donors (Lipinski definition) is 0. The van der Waals surface area contributed by atoms with Crippen LogP contribution < -0.4 is 0 Å². The Labute approximate surface area is 165 Å². The van der Waals surface area contributed by atoms with E-state index in [0.29, 0.717) is 5.56 Å². The third-order valence-corrected chi connectivity index (χ3v) is 5.26. The van der Waals surface area contributed by atoms with Crippen LogP contribution in [0.25, 0.3) is 6.08 Å². The Hall–Kier alpha value is -2.87. The molecule has 0 N–H and O–H groups in total. The lowest BCUT2D eigenvalue weighted by molar-refractivity contribution is -0.127. The number of carbonyl (C=O) groups is 1. The fraction of sp³-hybridized carbons (Fsp3) is 0.391. The number of hydrogen-bond acceptors (Lipinski definition) is 2. The number of nitrogens with zero attached hydrogens (tertiary/aromatic N) is 3. The van der Waals surface area contributed by atoms with Gasteiger partial charge in [0, 0.05) is 36.1 Å². The van der Waals surface area contributed by atoms with Crippen molar-refractivity contribution >= 4 is 12.0 Å². The molecule has 0 bridgehead atoms. The van der Waals surface area contributed by atoms with Gasteiger partial charge in [-0.2, -0.15) is 5.26 Å². The third kappa shape index (κ3) is 4.17. The first-order valence-electron chi connectivity index (χ1n) is 9.79. The number of benzene rings is 1. The standard InChI is InChI=1S/C23H26FN3O/c1-4-11-26-16(2)12-19(17(26)3)13-20(14-25)23(28)27(21-9-10-21)15-18-7-5-6-8-22(18)24/h5-8,12-13,21H,4,9-11,15H2,1-3H3/b20-13-. The monoisotopic (exact) mass is 379 g/mol. The molecule has 0 spiro atoms. The molecule has 4 nitrogen and oxygen atoms in total. The van der Waals surface area contributed by atoms with E-state index >= 15 is 0 Å². The van der Waals surface area contributed by atoms with Gasteiger partial charge in [-0.25, -0.2) is 4.39 Å². The highest BCUT2D eigenvalue weighted by atomic mass is 19.1. The zero-order valence-electron chi connectivity index (χ0n) is 16.7. The molecule has 1 aromatic heterocycles. The highest BCUT2D eigenvalue weighted by molar-refractivity contribution is 6.02. The molecule has 3 rings (SSSR count). The van der Waals surface area contributed by atoms with Gasteiger partial charge in [-0.3, -0.25) is 4.79 Å². The summed E-state index contributed by atoms with van der Waals surface area (Å²) in [6.07, 6.45) is 4.48. The maximum Gasteiger partial charge on any atom is 0.265 e. The molecule has 1 aliphatic rings. The SMILES string of the molecule is CCCn1c(C)cc(/C=C(/C#N)C(=O)N(Cc2ccccc2F)C2CC2)c1C. The highest BCUT2D eigenvalue weighted by Crippen LogP contribution is 2.30. The van der Waals surface area contributed by atoms with Crippen LogP contribution in [0.1, 0.15) is 48.7 Å². The number of halogens is 1. The van der Waals surface area contributed by atoms with Crippen LogP contribution in [0.3, 0.4) is 0 Å². The van der Waals surface area contributed by atoms with E-state index in [1.807, 2.05) is 19.9 Å². The van der Waals surface area contributed by atoms with Gasteiger partial charge in [-0.1, -0.05) is 25.1 Å². The Balaban J connectivity index is 1.89. The van der Waals surface area contributed by atoms with Crippen molar-refractivity contribution < 1.29 is 9.18 Å². The average molecular weight is 379 g/mol. The second kappa shape index (κ2) is 8.43. The molecule has 1 fully saturated rings. The summed E-state index contributed by atoms with van der Waals surface area (Å²) >= 11 is 0. The molecule has 2 aromatic rings. The fourth-order valence-electron chi connectivity index (χ4n) is 3.56. The van der Waals surface area contributed by atoms with E-state index in [1.165, 1.54) is 6.07 Å². The second-order valence-electron chi connectivity index (χ2n) is 7.40. The van der Waals surface area contributed by atoms with E-state index < -0.39 is 0 Å². The lowest BCUT2D eigenvalue weighted by Crippen LogP contribution is -2.33. The Kier molecular flexibility index (Phi) is 5.99. The summed E-state index contributed by atoms with van der Waals surface area (Å²) in [5.74, 6) is -0.653. The van der Waals surface area contributed by atoms with Crippen molar-refractivity contribution in [3.63, 3.8) is 0 Å². The molecule has 5 heteroatoms. The molecule has 1 amide bonds. The van der Waals surface area contributed by atoms with Crippen molar-refractivity contribution in [1.29, 1.82) is 5.26 Å². The number of carbonyl (C=O) groups excluding carboxylic acids is 1. The minimum atomic E-state index is -0.327. The molecule has 146 valence electrons. The summed E-state index contributed by atoms with van der Waals surface area (Å²) < 4.78 is 16.3. The van der Waals surface area contributed by atoms with E-state index in [2.05, 4.69) is 17.6 Å². The summed E-state index contributed by atoms with van der Waals surface area (Å²) in [7, 11) is 0. The molecule has 0 unspecified atom stereocenters. The van der Waals surface area contributed by atoms with Crippen LogP contribution in [-0.2, 0) is 17.9 Å². The predicted octanol–water partition coefficient (Wildman–Crippen LogP) is 4.75. The summed E-state index contributed by atoms with van der Waals surface area (Å²) in [5.41, 5.74) is 3.62. The molecule has 1 heterocycles. The minimum absolute atomic E-state index is 0.0800. The number of aromatic nitrogens is 1. The topological polar surface area (TPSA) is 49.0 Å². The van der Waals surface area contributed by atoms with Crippen LogP contribution in [0.15, 0.2) is 35.9 Å². The van der Waals surface area contributed by atoms with Crippen LogP contribution in [0.5, 0.6) is 0 Å². The minimum Gasteiger partial charge on any atom is -0.349 e. The highest BCUT2D eigenvalue weighted by Gasteiger charge is 2.34. The summed E-state index contributed by atoms with van der Waals surface area (Å²) in [5, 5.41) is 9.65. The van der Waals surface area contributed by atoms with Crippen LogP contribution in [0, 0.1) is 31.0 Å². The van der Waals surface area contributed by atoms with Gasteiger partial charge in [0.1, 0.15) is 17.5 Å². The Morgan fingerprint density at radius 1 is 1.36 bits per heavy atom. The maximum atomic E-state index is 14.1. The molecule has 0 atom stereocenters. The van der Waals surface area contributed by atoms with Gasteiger partial charge in [-0.15, -0.1) is 0 Å². The van der Waals surface area contributed by atoms with Crippen LogP contribution >= 0.6 is 0 Å². The van der Waals surface area contributed by atoms with Crippen LogP contribution in [0.2, 0.25) is 0 Å². The zero-order valence-corrected chi connectivity index (χ0v) is 16.7. The normalized spacial score (nSPS) is 14.0. The lowest BCUT2D eigenvalue weighted by Gasteiger charge is -2.22. The second-order valence-corrected chi connectivity index (χ2v) is 7.40. The van der Waals surface area contributed by atoms with Crippen molar-refractivity contribution in [3.8, 4) is 6.07 Å². The van der Waals surface area contributed by atoms with E-state index in [9.17, 15) is 14.4 Å². The largest absolute Gasteiger partial charge is 0.349 e. The van der Waals surface area contributed by atoms with E-state index in [4.69, 9.17) is 0 Å². The van der Waals surface area contributed by atoms with Crippen molar-refractivity contribution in [2.75, 3.05) is 0 Å². The third-order valence-electron chi connectivity index (χ3n) is 5.26. The van der Waals surface area contributed by atoms with Gasteiger partial charge >= 0.3 is 0 Å². The van der Waals surface area contributed by atoms with Crippen molar-refractivity contribution in [1.82, 2.24) is 9.47 Å². The Morgan fingerprint density at radius 2 is 2.07 bits per heavy atom. The first kappa shape index (κ1) is 19.9. The van der Waals surface area contributed by atoms with Gasteiger partial charge in [0.2, 0.25) is 0 Å². The van der Waals surface area contributed by atoms with Crippen molar-refractivity contribution in [3.05, 3.63) is 64.2 Å². The molecule has 0 aliphatic heterocycles. The van der Waals surface area contributed by atoms with Crippen molar-refractivity contribution in [2.45, 2.75) is 59.2 Å². The number of amides is 1.